The molecule has 1 saturated carbocycles. The highest BCUT2D eigenvalue weighted by Gasteiger charge is 2.18. The highest BCUT2D eigenvalue weighted by atomic mass is 16.5. The zero-order valence-corrected chi connectivity index (χ0v) is 10.1. The predicted octanol–water partition coefficient (Wildman–Crippen LogP) is 1.08. The van der Waals surface area contributed by atoms with E-state index in [1.165, 1.54) is 32.8 Å². The minimum atomic E-state index is -0.277. The Bertz CT molecular complexity index is 202. The Morgan fingerprint density at radius 2 is 2.19 bits per heavy atom. The van der Waals surface area contributed by atoms with Crippen molar-refractivity contribution in [3.63, 3.8) is 0 Å². The van der Waals surface area contributed by atoms with Gasteiger partial charge in [0, 0.05) is 13.1 Å². The molecule has 0 aromatic carbocycles. The molecule has 1 aliphatic carbocycles. The second kappa shape index (κ2) is 7.63. The number of ether oxygens (including phenoxy) is 1. The second-order valence-corrected chi connectivity index (χ2v) is 4.57. The number of aliphatic hydroxyl groups excluding tert-OH is 1. The Morgan fingerprint density at radius 1 is 1.50 bits per heavy atom. The van der Waals surface area contributed by atoms with Crippen LogP contribution in [0.3, 0.4) is 0 Å². The number of hydrogen-bond donors (Lipinski definition) is 2. The first-order valence-corrected chi connectivity index (χ1v) is 6.18. The van der Waals surface area contributed by atoms with Crippen LogP contribution in [0.25, 0.3) is 0 Å². The van der Waals surface area contributed by atoms with Crippen LogP contribution in [0.5, 0.6) is 0 Å². The van der Waals surface area contributed by atoms with Crippen LogP contribution in [-0.2, 0) is 9.53 Å². The first kappa shape index (κ1) is 13.5. The first-order chi connectivity index (χ1) is 7.72. The van der Waals surface area contributed by atoms with Crippen LogP contribution in [-0.4, -0.2) is 37.4 Å². The van der Waals surface area contributed by atoms with Gasteiger partial charge in [0.15, 0.2) is 0 Å². The fourth-order valence-electron chi connectivity index (χ4n) is 2.28. The zero-order chi connectivity index (χ0) is 11.8. The van der Waals surface area contributed by atoms with E-state index in [0.717, 1.165) is 6.42 Å². The van der Waals surface area contributed by atoms with Crippen molar-refractivity contribution in [1.82, 2.24) is 5.32 Å². The summed E-state index contributed by atoms with van der Waals surface area (Å²) < 4.78 is 4.52. The molecular formula is C12H23NO3. The van der Waals surface area contributed by atoms with Crippen molar-refractivity contribution < 1.29 is 14.6 Å². The molecule has 1 fully saturated rings. The molecule has 1 aliphatic rings. The van der Waals surface area contributed by atoms with Gasteiger partial charge in [0.25, 0.3) is 0 Å². The Kier molecular flexibility index (Phi) is 6.42. The molecule has 1 rings (SSSR count). The van der Waals surface area contributed by atoms with Gasteiger partial charge in [-0.05, 0) is 12.3 Å². The number of aliphatic hydroxyl groups is 1. The number of methoxy groups -OCH3 is 1. The average Bonchev–Trinajstić information content (AvgIpc) is 2.76. The molecule has 0 bridgehead atoms. The van der Waals surface area contributed by atoms with Crippen molar-refractivity contribution in [1.29, 1.82) is 0 Å². The van der Waals surface area contributed by atoms with Gasteiger partial charge in [-0.2, -0.15) is 0 Å². The number of carbonyl (C=O) groups is 1. The normalized spacial score (nSPS) is 18.6. The second-order valence-electron chi connectivity index (χ2n) is 4.57. The van der Waals surface area contributed by atoms with E-state index in [4.69, 9.17) is 0 Å². The summed E-state index contributed by atoms with van der Waals surface area (Å²) in [5, 5.41) is 12.8. The maximum atomic E-state index is 10.8. The van der Waals surface area contributed by atoms with Crippen LogP contribution in [0, 0.1) is 5.92 Å². The summed E-state index contributed by atoms with van der Waals surface area (Å²) in [6.45, 7) is 1.15. The van der Waals surface area contributed by atoms with Crippen LogP contribution in [0.1, 0.15) is 38.5 Å². The van der Waals surface area contributed by atoms with Crippen LogP contribution in [0.2, 0.25) is 0 Å². The van der Waals surface area contributed by atoms with Gasteiger partial charge in [0.05, 0.1) is 19.6 Å². The van der Waals surface area contributed by atoms with Gasteiger partial charge in [-0.25, -0.2) is 0 Å². The molecule has 16 heavy (non-hydrogen) atoms. The minimum absolute atomic E-state index is 0.210. The number of nitrogens with one attached hydrogen (secondary N) is 1. The lowest BCUT2D eigenvalue weighted by Gasteiger charge is -2.15. The van der Waals surface area contributed by atoms with E-state index in [1.54, 1.807) is 0 Å². The topological polar surface area (TPSA) is 58.6 Å². The first-order valence-electron chi connectivity index (χ1n) is 6.18. The molecule has 1 atom stereocenters. The summed E-state index contributed by atoms with van der Waals surface area (Å²) >= 11 is 0. The Morgan fingerprint density at radius 3 is 2.81 bits per heavy atom. The third kappa shape index (κ3) is 5.47. The molecule has 0 aromatic rings. The number of esters is 1. The molecule has 4 heteroatoms. The molecule has 1 unspecified atom stereocenters. The molecule has 0 saturated heterocycles. The van der Waals surface area contributed by atoms with Crippen LogP contribution in [0.15, 0.2) is 0 Å². The molecule has 0 aliphatic heterocycles. The summed E-state index contributed by atoms with van der Waals surface area (Å²) in [6, 6.07) is 0. The van der Waals surface area contributed by atoms with Crippen molar-refractivity contribution in [2.75, 3.05) is 20.2 Å². The van der Waals surface area contributed by atoms with E-state index in [1.807, 2.05) is 0 Å². The number of carbonyl (C=O) groups excluding carboxylic acids is 1. The molecule has 2 N–H and O–H groups in total. The monoisotopic (exact) mass is 229 g/mol. The van der Waals surface area contributed by atoms with Gasteiger partial charge in [0.2, 0.25) is 0 Å². The lowest BCUT2D eigenvalue weighted by atomic mass is 10.0. The standard InChI is InChI=1S/C12H23NO3/c1-16-12(15)6-7-13-9-11(14)8-10-4-2-3-5-10/h10-11,13-14H,2-9H2,1H3. The predicted molar refractivity (Wildman–Crippen MR) is 62.1 cm³/mol. The molecule has 0 heterocycles. The quantitative estimate of drug-likeness (QED) is 0.506. The Labute approximate surface area is 97.4 Å². The molecule has 94 valence electrons. The van der Waals surface area contributed by atoms with E-state index in [9.17, 15) is 9.90 Å². The number of hydrogen-bond acceptors (Lipinski definition) is 4. The SMILES string of the molecule is COC(=O)CCNCC(O)CC1CCCC1. The van der Waals surface area contributed by atoms with E-state index in [0.29, 0.717) is 25.4 Å². The molecule has 0 amide bonds. The van der Waals surface area contributed by atoms with Crippen molar-refractivity contribution >= 4 is 5.97 Å². The maximum absolute atomic E-state index is 10.8. The highest BCUT2D eigenvalue weighted by Crippen LogP contribution is 2.28. The van der Waals surface area contributed by atoms with Crippen LogP contribution in [0.4, 0.5) is 0 Å². The molecule has 4 nitrogen and oxygen atoms in total. The lowest BCUT2D eigenvalue weighted by molar-refractivity contribution is -0.140. The van der Waals surface area contributed by atoms with Crippen molar-refractivity contribution in [3.05, 3.63) is 0 Å². The fourth-order valence-corrected chi connectivity index (χ4v) is 2.28. The highest BCUT2D eigenvalue weighted by molar-refractivity contribution is 5.69. The molecular weight excluding hydrogens is 206 g/mol. The molecule has 0 aromatic heterocycles. The van der Waals surface area contributed by atoms with Crippen molar-refractivity contribution in [2.45, 2.75) is 44.6 Å². The average molecular weight is 229 g/mol. The van der Waals surface area contributed by atoms with Gasteiger partial charge < -0.3 is 15.2 Å². The molecule has 0 radical (unpaired) electrons. The zero-order valence-electron chi connectivity index (χ0n) is 10.1. The van der Waals surface area contributed by atoms with E-state index in [-0.39, 0.29) is 12.1 Å². The largest absolute Gasteiger partial charge is 0.469 e. The summed E-state index contributed by atoms with van der Waals surface area (Å²) in [4.78, 5) is 10.8. The van der Waals surface area contributed by atoms with E-state index in [2.05, 4.69) is 10.1 Å². The molecule has 0 spiro atoms. The van der Waals surface area contributed by atoms with Gasteiger partial charge in [-0.3, -0.25) is 4.79 Å². The number of rotatable bonds is 7. The maximum Gasteiger partial charge on any atom is 0.306 e. The van der Waals surface area contributed by atoms with Gasteiger partial charge >= 0.3 is 5.97 Å². The van der Waals surface area contributed by atoms with E-state index >= 15 is 0 Å². The smallest absolute Gasteiger partial charge is 0.306 e. The van der Waals surface area contributed by atoms with E-state index < -0.39 is 0 Å². The Hall–Kier alpha value is -0.610. The minimum Gasteiger partial charge on any atom is -0.469 e. The Balaban J connectivity index is 1.97. The summed E-state index contributed by atoms with van der Waals surface area (Å²) in [5.74, 6) is 0.496. The van der Waals surface area contributed by atoms with Crippen LogP contribution >= 0.6 is 0 Å². The third-order valence-electron chi connectivity index (χ3n) is 3.19. The van der Waals surface area contributed by atoms with Gasteiger partial charge in [0.1, 0.15) is 0 Å². The summed E-state index contributed by atoms with van der Waals surface area (Å²) in [5.41, 5.74) is 0. The van der Waals surface area contributed by atoms with Gasteiger partial charge in [-0.1, -0.05) is 25.7 Å². The summed E-state index contributed by atoms with van der Waals surface area (Å²) in [6.07, 6.45) is 6.14. The third-order valence-corrected chi connectivity index (χ3v) is 3.19. The summed E-state index contributed by atoms with van der Waals surface area (Å²) in [7, 11) is 1.39. The fraction of sp³-hybridized carbons (Fsp3) is 0.917. The van der Waals surface area contributed by atoms with Gasteiger partial charge in [-0.15, -0.1) is 0 Å². The van der Waals surface area contributed by atoms with Crippen LogP contribution < -0.4 is 5.32 Å². The van der Waals surface area contributed by atoms with Crippen molar-refractivity contribution in [2.24, 2.45) is 5.92 Å². The van der Waals surface area contributed by atoms with Crippen molar-refractivity contribution in [3.8, 4) is 0 Å². The lowest BCUT2D eigenvalue weighted by Crippen LogP contribution is -2.30.